The van der Waals surface area contributed by atoms with E-state index in [1.807, 2.05) is 36.4 Å². The van der Waals surface area contributed by atoms with E-state index in [0.717, 1.165) is 0 Å². The van der Waals surface area contributed by atoms with E-state index >= 15 is 0 Å². The Balaban J connectivity index is 0.00000110. The summed E-state index contributed by atoms with van der Waals surface area (Å²) in [5.74, 6) is 0. The summed E-state index contributed by atoms with van der Waals surface area (Å²) in [7, 11) is 0. The highest BCUT2D eigenvalue weighted by Crippen LogP contribution is 2.17. The first-order valence-corrected chi connectivity index (χ1v) is 13.4. The molecule has 0 saturated carbocycles. The third-order valence-corrected chi connectivity index (χ3v) is 6.09. The average Bonchev–Trinajstić information content (AvgIpc) is 2.76. The van der Waals surface area contributed by atoms with Gasteiger partial charge in [-0.05, 0) is 12.8 Å². The second-order valence-corrected chi connectivity index (χ2v) is 9.25. The lowest BCUT2D eigenvalue weighted by atomic mass is 10.0. The van der Waals surface area contributed by atoms with Crippen LogP contribution >= 0.6 is 11.6 Å². The van der Waals surface area contributed by atoms with Crippen molar-refractivity contribution in [2.45, 2.75) is 141 Å². The number of hydrogen-bond acceptors (Lipinski definition) is 0. The number of hydrogen-bond donors (Lipinski definition) is 0. The molecule has 0 nitrogen and oxygen atoms in total. The van der Waals surface area contributed by atoms with Crippen LogP contribution in [-0.2, 0) is 0 Å². The lowest BCUT2D eigenvalue weighted by molar-refractivity contribution is 0.524. The number of unbranched alkanes of at least 4 members (excludes halogenated alkanes) is 15. The fourth-order valence-electron chi connectivity index (χ4n) is 3.69. The van der Waals surface area contributed by atoms with Crippen LogP contribution in [0.1, 0.15) is 136 Å². The van der Waals surface area contributed by atoms with E-state index in [2.05, 4.69) is 13.8 Å². The molecule has 0 fully saturated rings. The maximum absolute atomic E-state index is 6.32. The van der Waals surface area contributed by atoms with Crippen molar-refractivity contribution in [2.75, 3.05) is 0 Å². The van der Waals surface area contributed by atoms with Crippen LogP contribution < -0.4 is 0 Å². The molecular formula is C28H51Cl. The second kappa shape index (κ2) is 25.5. The topological polar surface area (TPSA) is 0 Å². The zero-order valence-electron chi connectivity index (χ0n) is 19.9. The Morgan fingerprint density at radius 3 is 1.03 bits per heavy atom. The molecule has 0 N–H and O–H groups in total. The van der Waals surface area contributed by atoms with E-state index in [9.17, 15) is 0 Å². The Labute approximate surface area is 189 Å². The Bertz CT molecular complexity index is 348. The number of halogens is 1. The van der Waals surface area contributed by atoms with Crippen molar-refractivity contribution in [3.05, 3.63) is 36.4 Å². The first kappa shape index (κ1) is 28.5. The van der Waals surface area contributed by atoms with Crippen LogP contribution in [0, 0.1) is 0 Å². The van der Waals surface area contributed by atoms with Crippen LogP contribution in [0.3, 0.4) is 0 Å². The Kier molecular flexibility index (Phi) is 25.1. The highest BCUT2D eigenvalue weighted by Gasteiger charge is 2.03. The first-order chi connectivity index (χ1) is 14.3. The van der Waals surface area contributed by atoms with Crippen molar-refractivity contribution in [1.82, 2.24) is 0 Å². The van der Waals surface area contributed by atoms with Gasteiger partial charge < -0.3 is 0 Å². The summed E-state index contributed by atoms with van der Waals surface area (Å²) < 4.78 is 0. The van der Waals surface area contributed by atoms with Gasteiger partial charge in [0.2, 0.25) is 0 Å². The molecular weight excluding hydrogens is 372 g/mol. The van der Waals surface area contributed by atoms with Gasteiger partial charge in [-0.25, -0.2) is 0 Å². The van der Waals surface area contributed by atoms with Crippen molar-refractivity contribution < 1.29 is 0 Å². The van der Waals surface area contributed by atoms with E-state index in [-0.39, 0.29) is 0 Å². The van der Waals surface area contributed by atoms with Crippen LogP contribution in [0.5, 0.6) is 0 Å². The molecule has 0 spiro atoms. The summed E-state index contributed by atoms with van der Waals surface area (Å²) in [6.45, 7) is 4.54. The lowest BCUT2D eigenvalue weighted by Gasteiger charge is -2.08. The maximum Gasteiger partial charge on any atom is 0.0336 e. The summed E-state index contributed by atoms with van der Waals surface area (Å²) >= 11 is 6.32. The predicted octanol–water partition coefficient (Wildman–Crippen LogP) is 10.7. The van der Waals surface area contributed by atoms with Crippen LogP contribution in [-0.4, -0.2) is 5.38 Å². The van der Waals surface area contributed by atoms with Gasteiger partial charge in [0.05, 0.1) is 0 Å². The third kappa shape index (κ3) is 25.5. The molecule has 1 atom stereocenters. The zero-order valence-corrected chi connectivity index (χ0v) is 20.6. The van der Waals surface area contributed by atoms with E-state index in [1.54, 1.807) is 0 Å². The van der Waals surface area contributed by atoms with Gasteiger partial charge in [-0.2, -0.15) is 0 Å². The standard InChI is InChI=1S/C22H45Cl.C6H6/c1-3-5-7-8-9-10-11-12-13-14-15-16-17-18-19-21-22(23)20-6-4-2;1-2-4-6-5-3-1/h22H,3-21H2,1-2H3;1-6H. The Morgan fingerprint density at radius 1 is 0.414 bits per heavy atom. The summed E-state index contributed by atoms with van der Waals surface area (Å²) in [6.07, 6.45) is 26.6. The second-order valence-electron chi connectivity index (χ2n) is 8.63. The molecule has 170 valence electrons. The van der Waals surface area contributed by atoms with Gasteiger partial charge in [0.25, 0.3) is 0 Å². The molecule has 1 heteroatoms. The molecule has 0 aromatic heterocycles. The quantitative estimate of drug-likeness (QED) is 0.153. The van der Waals surface area contributed by atoms with Crippen LogP contribution in [0.2, 0.25) is 0 Å². The minimum atomic E-state index is 0.442. The van der Waals surface area contributed by atoms with Gasteiger partial charge in [-0.3, -0.25) is 0 Å². The van der Waals surface area contributed by atoms with Gasteiger partial charge in [0.15, 0.2) is 0 Å². The van der Waals surface area contributed by atoms with Crippen LogP contribution in [0.4, 0.5) is 0 Å². The van der Waals surface area contributed by atoms with Crippen molar-refractivity contribution in [2.24, 2.45) is 0 Å². The fraction of sp³-hybridized carbons (Fsp3) is 0.786. The van der Waals surface area contributed by atoms with Crippen molar-refractivity contribution in [1.29, 1.82) is 0 Å². The van der Waals surface area contributed by atoms with E-state index in [1.165, 1.54) is 122 Å². The maximum atomic E-state index is 6.32. The number of benzene rings is 1. The minimum Gasteiger partial charge on any atom is -0.123 e. The largest absolute Gasteiger partial charge is 0.123 e. The predicted molar refractivity (Wildman–Crippen MR) is 135 cm³/mol. The van der Waals surface area contributed by atoms with Gasteiger partial charge in [0, 0.05) is 5.38 Å². The molecule has 1 unspecified atom stereocenters. The fourth-order valence-corrected chi connectivity index (χ4v) is 4.00. The average molecular weight is 423 g/mol. The smallest absolute Gasteiger partial charge is 0.0336 e. The summed E-state index contributed by atoms with van der Waals surface area (Å²) in [4.78, 5) is 0. The molecule has 1 aromatic carbocycles. The molecule has 0 aliphatic heterocycles. The molecule has 0 saturated heterocycles. The van der Waals surface area contributed by atoms with E-state index in [4.69, 9.17) is 11.6 Å². The summed E-state index contributed by atoms with van der Waals surface area (Å²) in [6, 6.07) is 12.0. The Hall–Kier alpha value is -0.490. The highest BCUT2D eigenvalue weighted by molar-refractivity contribution is 6.20. The molecule has 0 radical (unpaired) electrons. The minimum absolute atomic E-state index is 0.442. The molecule has 0 aliphatic carbocycles. The molecule has 1 aromatic rings. The summed E-state index contributed by atoms with van der Waals surface area (Å²) in [5, 5.41) is 0.442. The van der Waals surface area contributed by atoms with Gasteiger partial charge in [-0.1, -0.05) is 159 Å². The molecule has 0 heterocycles. The lowest BCUT2D eigenvalue weighted by Crippen LogP contribution is -1.97. The van der Waals surface area contributed by atoms with E-state index < -0.39 is 0 Å². The highest BCUT2D eigenvalue weighted by atomic mass is 35.5. The van der Waals surface area contributed by atoms with Gasteiger partial charge in [0.1, 0.15) is 0 Å². The van der Waals surface area contributed by atoms with Crippen molar-refractivity contribution in [3.8, 4) is 0 Å². The van der Waals surface area contributed by atoms with E-state index in [0.29, 0.717) is 5.38 Å². The summed E-state index contributed by atoms with van der Waals surface area (Å²) in [5.41, 5.74) is 0. The third-order valence-electron chi connectivity index (χ3n) is 5.66. The normalized spacial score (nSPS) is 11.7. The van der Waals surface area contributed by atoms with Crippen LogP contribution in [0.15, 0.2) is 36.4 Å². The monoisotopic (exact) mass is 422 g/mol. The van der Waals surface area contributed by atoms with Crippen molar-refractivity contribution in [3.63, 3.8) is 0 Å². The van der Waals surface area contributed by atoms with Gasteiger partial charge >= 0.3 is 0 Å². The number of rotatable bonds is 19. The zero-order chi connectivity index (χ0) is 21.3. The SMILES string of the molecule is CCCCCCCCCCCCCCCCCC(Cl)CCCC.c1ccccc1. The molecule has 1 rings (SSSR count). The molecule has 0 aliphatic rings. The molecule has 0 bridgehead atoms. The molecule has 0 amide bonds. The number of alkyl halides is 1. The first-order valence-electron chi connectivity index (χ1n) is 12.9. The van der Waals surface area contributed by atoms with Crippen LogP contribution in [0.25, 0.3) is 0 Å². The van der Waals surface area contributed by atoms with Crippen molar-refractivity contribution >= 4 is 11.6 Å². The molecule has 29 heavy (non-hydrogen) atoms. The Morgan fingerprint density at radius 2 is 0.690 bits per heavy atom. The van der Waals surface area contributed by atoms with Gasteiger partial charge in [-0.15, -0.1) is 11.6 Å².